The van der Waals surface area contributed by atoms with Crippen LogP contribution in [0, 0.1) is 6.92 Å². The van der Waals surface area contributed by atoms with Crippen LogP contribution in [0.25, 0.3) is 10.6 Å². The van der Waals surface area contributed by atoms with Gasteiger partial charge in [0.1, 0.15) is 10.8 Å². The minimum absolute atomic E-state index is 0.0571. The van der Waals surface area contributed by atoms with E-state index in [1.807, 2.05) is 31.2 Å². The quantitative estimate of drug-likeness (QED) is 0.477. The molecule has 7 nitrogen and oxygen atoms in total. The van der Waals surface area contributed by atoms with E-state index in [2.05, 4.69) is 4.98 Å². The van der Waals surface area contributed by atoms with Gasteiger partial charge < -0.3 is 4.74 Å². The number of thiazole rings is 1. The van der Waals surface area contributed by atoms with Gasteiger partial charge in [0.25, 0.3) is 0 Å². The van der Waals surface area contributed by atoms with Crippen LogP contribution in [0.1, 0.15) is 11.3 Å². The molecule has 0 saturated carbocycles. The summed E-state index contributed by atoms with van der Waals surface area (Å²) in [7, 11) is 1.52. The summed E-state index contributed by atoms with van der Waals surface area (Å²) in [6.07, 6.45) is 0. The Bertz CT molecular complexity index is 1090. The Hall–Kier alpha value is -3.52. The Morgan fingerprint density at radius 1 is 0.966 bits per heavy atom. The monoisotopic (exact) mass is 407 g/mol. The standard InChI is InChI=1S/C21H17N3O4S/c1-13-3-5-14(6-4-13)18-22-15(12-29-18)11-23-19(25)20(26)24(21(23)27)16-7-9-17(28-2)10-8-16/h3-10,12H,11H2,1-2H3. The summed E-state index contributed by atoms with van der Waals surface area (Å²) >= 11 is 1.42. The van der Waals surface area contributed by atoms with E-state index in [1.165, 1.54) is 18.4 Å². The van der Waals surface area contributed by atoms with Crippen LogP contribution in [0.3, 0.4) is 0 Å². The van der Waals surface area contributed by atoms with E-state index in [1.54, 1.807) is 29.6 Å². The number of benzene rings is 2. The van der Waals surface area contributed by atoms with Crippen LogP contribution in [-0.2, 0) is 16.1 Å². The van der Waals surface area contributed by atoms with Crippen molar-refractivity contribution < 1.29 is 19.1 Å². The van der Waals surface area contributed by atoms with Crippen molar-refractivity contribution in [3.63, 3.8) is 0 Å². The van der Waals surface area contributed by atoms with Gasteiger partial charge in [0.05, 0.1) is 25.0 Å². The number of carbonyl (C=O) groups is 3. The van der Waals surface area contributed by atoms with E-state index in [9.17, 15) is 14.4 Å². The number of methoxy groups -OCH3 is 1. The minimum atomic E-state index is -0.880. The number of hydrogen-bond acceptors (Lipinski definition) is 6. The molecule has 1 fully saturated rings. The second-order valence-electron chi connectivity index (χ2n) is 6.52. The number of amides is 4. The lowest BCUT2D eigenvalue weighted by Crippen LogP contribution is -2.33. The maximum Gasteiger partial charge on any atom is 0.339 e. The lowest BCUT2D eigenvalue weighted by Gasteiger charge is -2.15. The Balaban J connectivity index is 1.54. The van der Waals surface area contributed by atoms with Crippen LogP contribution in [0.2, 0.25) is 0 Å². The number of imide groups is 2. The number of ether oxygens (including phenoxy) is 1. The van der Waals surface area contributed by atoms with Gasteiger partial charge in [0.2, 0.25) is 0 Å². The SMILES string of the molecule is COc1ccc(N2C(=O)C(=O)N(Cc3csc(-c4ccc(C)cc4)n3)C2=O)cc1. The van der Waals surface area contributed by atoms with Crippen LogP contribution in [0.4, 0.5) is 10.5 Å². The largest absolute Gasteiger partial charge is 0.497 e. The van der Waals surface area contributed by atoms with Crippen LogP contribution < -0.4 is 9.64 Å². The molecule has 29 heavy (non-hydrogen) atoms. The molecule has 2 heterocycles. The van der Waals surface area contributed by atoms with Gasteiger partial charge in [-0.25, -0.2) is 19.6 Å². The van der Waals surface area contributed by atoms with Crippen LogP contribution in [0.15, 0.2) is 53.9 Å². The van der Waals surface area contributed by atoms with E-state index < -0.39 is 17.8 Å². The van der Waals surface area contributed by atoms with Crippen molar-refractivity contribution in [1.29, 1.82) is 0 Å². The molecular formula is C21H17N3O4S. The molecule has 1 saturated heterocycles. The zero-order valence-corrected chi connectivity index (χ0v) is 16.6. The fourth-order valence-electron chi connectivity index (χ4n) is 2.97. The van der Waals surface area contributed by atoms with Gasteiger partial charge in [-0.05, 0) is 31.2 Å². The van der Waals surface area contributed by atoms with E-state index >= 15 is 0 Å². The van der Waals surface area contributed by atoms with Crippen molar-refractivity contribution >= 4 is 34.9 Å². The first-order chi connectivity index (χ1) is 14.0. The normalized spacial score (nSPS) is 14.1. The summed E-state index contributed by atoms with van der Waals surface area (Å²) < 4.78 is 5.08. The number of nitrogens with zero attached hydrogens (tertiary/aromatic N) is 3. The first-order valence-electron chi connectivity index (χ1n) is 8.83. The lowest BCUT2D eigenvalue weighted by molar-refractivity contribution is -0.139. The molecule has 0 radical (unpaired) electrons. The molecule has 1 aromatic heterocycles. The first kappa shape index (κ1) is 18.8. The summed E-state index contributed by atoms with van der Waals surface area (Å²) in [4.78, 5) is 43.9. The maximum atomic E-state index is 12.8. The number of aromatic nitrogens is 1. The van der Waals surface area contributed by atoms with Crippen molar-refractivity contribution in [2.24, 2.45) is 0 Å². The van der Waals surface area contributed by atoms with E-state index in [0.29, 0.717) is 17.1 Å². The summed E-state index contributed by atoms with van der Waals surface area (Å²) in [5, 5.41) is 2.58. The zero-order valence-electron chi connectivity index (χ0n) is 15.8. The Kier molecular flexibility index (Phi) is 4.85. The molecule has 0 atom stereocenters. The first-order valence-corrected chi connectivity index (χ1v) is 9.71. The summed E-state index contributed by atoms with van der Waals surface area (Å²) in [6.45, 7) is 1.95. The van der Waals surface area contributed by atoms with Crippen molar-refractivity contribution in [1.82, 2.24) is 9.88 Å². The smallest absolute Gasteiger partial charge is 0.339 e. The molecular weight excluding hydrogens is 390 g/mol. The highest BCUT2D eigenvalue weighted by Crippen LogP contribution is 2.28. The molecule has 0 unspecified atom stereocenters. The predicted octanol–water partition coefficient (Wildman–Crippen LogP) is 3.62. The topological polar surface area (TPSA) is 79.8 Å². The highest BCUT2D eigenvalue weighted by atomic mass is 32.1. The maximum absolute atomic E-state index is 12.8. The number of carbonyl (C=O) groups excluding carboxylic acids is 3. The fraction of sp³-hybridized carbons (Fsp3) is 0.143. The molecule has 0 N–H and O–H groups in total. The third kappa shape index (κ3) is 3.50. The van der Waals surface area contributed by atoms with Gasteiger partial charge in [-0.2, -0.15) is 0 Å². The van der Waals surface area contributed by atoms with Crippen molar-refractivity contribution in [2.45, 2.75) is 13.5 Å². The van der Waals surface area contributed by atoms with Crippen LogP contribution >= 0.6 is 11.3 Å². The lowest BCUT2D eigenvalue weighted by atomic mass is 10.2. The third-order valence-electron chi connectivity index (χ3n) is 4.55. The average Bonchev–Trinajstić information content (AvgIpc) is 3.28. The van der Waals surface area contributed by atoms with Gasteiger partial charge in [-0.15, -0.1) is 11.3 Å². The minimum Gasteiger partial charge on any atom is -0.497 e. The fourth-order valence-corrected chi connectivity index (χ4v) is 3.79. The molecule has 3 aromatic rings. The van der Waals surface area contributed by atoms with E-state index in [0.717, 1.165) is 25.9 Å². The third-order valence-corrected chi connectivity index (χ3v) is 5.49. The molecule has 2 aromatic carbocycles. The molecule has 4 rings (SSSR count). The molecule has 0 aliphatic carbocycles. The number of hydrogen-bond donors (Lipinski definition) is 0. The number of rotatable bonds is 5. The summed E-state index contributed by atoms with van der Waals surface area (Å²) in [5.74, 6) is -1.16. The molecule has 4 amide bonds. The molecule has 1 aliphatic rings. The van der Waals surface area contributed by atoms with Crippen molar-refractivity contribution in [3.05, 3.63) is 65.2 Å². The average molecular weight is 407 g/mol. The van der Waals surface area contributed by atoms with Gasteiger partial charge in [-0.3, -0.25) is 9.59 Å². The van der Waals surface area contributed by atoms with Gasteiger partial charge >= 0.3 is 17.8 Å². The second-order valence-corrected chi connectivity index (χ2v) is 7.38. The van der Waals surface area contributed by atoms with Crippen molar-refractivity contribution in [3.8, 4) is 16.3 Å². The second kappa shape index (κ2) is 7.48. The van der Waals surface area contributed by atoms with Gasteiger partial charge in [0.15, 0.2) is 0 Å². The highest BCUT2D eigenvalue weighted by molar-refractivity contribution is 7.13. The Morgan fingerprint density at radius 2 is 1.66 bits per heavy atom. The Morgan fingerprint density at radius 3 is 2.31 bits per heavy atom. The predicted molar refractivity (Wildman–Crippen MR) is 109 cm³/mol. The Labute approximate surface area is 171 Å². The van der Waals surface area contributed by atoms with Crippen LogP contribution in [-0.4, -0.2) is 34.8 Å². The summed E-state index contributed by atoms with van der Waals surface area (Å²) in [6, 6.07) is 13.6. The van der Waals surface area contributed by atoms with Crippen LogP contribution in [0.5, 0.6) is 5.75 Å². The highest BCUT2D eigenvalue weighted by Gasteiger charge is 2.45. The molecule has 8 heteroatoms. The van der Waals surface area contributed by atoms with Crippen molar-refractivity contribution in [2.75, 3.05) is 12.0 Å². The van der Waals surface area contributed by atoms with E-state index in [4.69, 9.17) is 4.74 Å². The molecule has 146 valence electrons. The number of urea groups is 1. The van der Waals surface area contributed by atoms with Gasteiger partial charge in [-0.1, -0.05) is 29.8 Å². The van der Waals surface area contributed by atoms with Gasteiger partial charge in [0, 0.05) is 10.9 Å². The molecule has 1 aliphatic heterocycles. The zero-order chi connectivity index (χ0) is 20.5. The molecule has 0 bridgehead atoms. The number of anilines is 1. The summed E-state index contributed by atoms with van der Waals surface area (Å²) in [5.41, 5.74) is 2.98. The molecule has 0 spiro atoms. The number of aryl methyl sites for hydroxylation is 1. The van der Waals surface area contributed by atoms with E-state index in [-0.39, 0.29) is 6.54 Å².